The first kappa shape index (κ1) is 11.0. The van der Waals surface area contributed by atoms with Crippen molar-refractivity contribution in [2.45, 2.75) is 45.4 Å². The molecule has 2 fully saturated rings. The Morgan fingerprint density at radius 1 is 1.33 bits per heavy atom. The molecule has 2 rings (SSSR count). The van der Waals surface area contributed by atoms with Crippen LogP contribution in [0.15, 0.2) is 0 Å². The van der Waals surface area contributed by atoms with Gasteiger partial charge in [0.2, 0.25) is 0 Å². The first-order valence-corrected chi connectivity index (χ1v) is 6.37. The van der Waals surface area contributed by atoms with Crippen LogP contribution in [0.1, 0.15) is 45.4 Å². The summed E-state index contributed by atoms with van der Waals surface area (Å²) in [7, 11) is 0. The summed E-state index contributed by atoms with van der Waals surface area (Å²) in [4.78, 5) is 2.59. The molecule has 1 heterocycles. The maximum absolute atomic E-state index is 8.78. The van der Waals surface area contributed by atoms with Gasteiger partial charge in [0.05, 0.1) is 6.07 Å². The van der Waals surface area contributed by atoms with E-state index >= 15 is 0 Å². The van der Waals surface area contributed by atoms with Crippen LogP contribution >= 0.6 is 0 Å². The molecule has 0 N–H and O–H groups in total. The minimum atomic E-state index is 0.411. The van der Waals surface area contributed by atoms with Crippen LogP contribution < -0.4 is 0 Å². The molecule has 2 aliphatic rings. The smallest absolute Gasteiger partial charge is 0.0628 e. The molecule has 15 heavy (non-hydrogen) atoms. The van der Waals surface area contributed by atoms with E-state index in [-0.39, 0.29) is 0 Å². The molecular weight excluding hydrogens is 184 g/mol. The first-order valence-electron chi connectivity index (χ1n) is 6.37. The second-order valence-electron chi connectivity index (χ2n) is 5.46. The molecule has 0 bridgehead atoms. The highest BCUT2D eigenvalue weighted by molar-refractivity contribution is 5.01. The predicted molar refractivity (Wildman–Crippen MR) is 61.4 cm³/mol. The summed E-state index contributed by atoms with van der Waals surface area (Å²) in [6.45, 7) is 6.03. The number of hydrogen-bond donors (Lipinski definition) is 0. The van der Waals surface area contributed by atoms with E-state index in [4.69, 9.17) is 5.26 Å². The van der Waals surface area contributed by atoms with Gasteiger partial charge in [0.15, 0.2) is 0 Å². The third-order valence-corrected chi connectivity index (χ3v) is 4.25. The van der Waals surface area contributed by atoms with Crippen LogP contribution in [0.3, 0.4) is 0 Å². The lowest BCUT2D eigenvalue weighted by Gasteiger charge is -2.33. The molecule has 0 aromatic rings. The molecule has 1 saturated carbocycles. The van der Waals surface area contributed by atoms with E-state index in [0.29, 0.717) is 5.41 Å². The number of rotatable bonds is 4. The van der Waals surface area contributed by atoms with Crippen molar-refractivity contribution in [3.8, 4) is 6.07 Å². The monoisotopic (exact) mass is 206 g/mol. The van der Waals surface area contributed by atoms with E-state index in [0.717, 1.165) is 12.3 Å². The molecule has 0 radical (unpaired) electrons. The first-order chi connectivity index (χ1) is 7.28. The average Bonchev–Trinajstić information content (AvgIpc) is 3.00. The van der Waals surface area contributed by atoms with Gasteiger partial charge in [-0.2, -0.15) is 5.26 Å². The normalized spacial score (nSPS) is 26.1. The molecule has 1 saturated heterocycles. The molecule has 1 aliphatic carbocycles. The van der Waals surface area contributed by atoms with Gasteiger partial charge in [-0.15, -0.1) is 0 Å². The molecule has 84 valence electrons. The zero-order valence-corrected chi connectivity index (χ0v) is 9.84. The second-order valence-corrected chi connectivity index (χ2v) is 5.46. The highest BCUT2D eigenvalue weighted by atomic mass is 15.1. The fourth-order valence-electron chi connectivity index (χ4n) is 2.76. The fraction of sp³-hybridized carbons (Fsp3) is 0.923. The zero-order chi connectivity index (χ0) is 10.7. The topological polar surface area (TPSA) is 27.0 Å². The number of piperidine rings is 1. The van der Waals surface area contributed by atoms with Crippen LogP contribution in [0.5, 0.6) is 0 Å². The molecule has 0 spiro atoms. The Labute approximate surface area is 93.3 Å². The summed E-state index contributed by atoms with van der Waals surface area (Å²) in [5.41, 5.74) is 0.411. The van der Waals surface area contributed by atoms with Gasteiger partial charge < -0.3 is 4.90 Å². The summed E-state index contributed by atoms with van der Waals surface area (Å²) in [6.07, 6.45) is 7.44. The van der Waals surface area contributed by atoms with Crippen molar-refractivity contribution in [2.75, 3.05) is 19.6 Å². The Morgan fingerprint density at radius 3 is 2.47 bits per heavy atom. The zero-order valence-electron chi connectivity index (χ0n) is 9.84. The van der Waals surface area contributed by atoms with Crippen molar-refractivity contribution < 1.29 is 0 Å². The van der Waals surface area contributed by atoms with E-state index < -0.39 is 0 Å². The van der Waals surface area contributed by atoms with Crippen molar-refractivity contribution in [3.63, 3.8) is 0 Å². The van der Waals surface area contributed by atoms with Crippen LogP contribution in [-0.2, 0) is 0 Å². The van der Waals surface area contributed by atoms with Crippen molar-refractivity contribution in [3.05, 3.63) is 0 Å². The summed E-state index contributed by atoms with van der Waals surface area (Å²) < 4.78 is 0. The third-order valence-electron chi connectivity index (χ3n) is 4.25. The lowest BCUT2D eigenvalue weighted by Crippen LogP contribution is -2.37. The summed E-state index contributed by atoms with van der Waals surface area (Å²) in [5.74, 6) is 0.965. The minimum Gasteiger partial charge on any atom is -0.303 e. The Hall–Kier alpha value is -0.550. The lowest BCUT2D eigenvalue weighted by molar-refractivity contribution is 0.152. The molecule has 0 atom stereocenters. The SMILES string of the molecule is CCC1CCN(CC2(CC#N)CC2)CC1. The molecule has 0 amide bonds. The number of nitrogens with zero attached hydrogens (tertiary/aromatic N) is 2. The van der Waals surface area contributed by atoms with E-state index in [1.807, 2.05) is 0 Å². The summed E-state index contributed by atoms with van der Waals surface area (Å²) >= 11 is 0. The second kappa shape index (κ2) is 4.53. The lowest BCUT2D eigenvalue weighted by atomic mass is 9.93. The third kappa shape index (κ3) is 2.72. The quantitative estimate of drug-likeness (QED) is 0.707. The summed E-state index contributed by atoms with van der Waals surface area (Å²) in [5, 5.41) is 8.78. The number of nitriles is 1. The van der Waals surface area contributed by atoms with Crippen LogP contribution in [0, 0.1) is 22.7 Å². The minimum absolute atomic E-state index is 0.411. The predicted octanol–water partition coefficient (Wildman–Crippen LogP) is 2.80. The molecular formula is C13H22N2. The van der Waals surface area contributed by atoms with Crippen molar-refractivity contribution in [2.24, 2.45) is 11.3 Å². The van der Waals surface area contributed by atoms with Gasteiger partial charge >= 0.3 is 0 Å². The van der Waals surface area contributed by atoms with Crippen molar-refractivity contribution in [1.29, 1.82) is 5.26 Å². The Kier molecular flexibility index (Phi) is 3.31. The molecule has 0 aromatic carbocycles. The molecule has 0 unspecified atom stereocenters. The largest absolute Gasteiger partial charge is 0.303 e. The van der Waals surface area contributed by atoms with Gasteiger partial charge in [-0.3, -0.25) is 0 Å². The van der Waals surface area contributed by atoms with Gasteiger partial charge in [0, 0.05) is 13.0 Å². The Balaban J connectivity index is 1.75. The van der Waals surface area contributed by atoms with Gasteiger partial charge in [-0.05, 0) is 50.1 Å². The molecule has 2 heteroatoms. The number of hydrogen-bond acceptors (Lipinski definition) is 2. The van der Waals surface area contributed by atoms with Gasteiger partial charge in [0.25, 0.3) is 0 Å². The Morgan fingerprint density at radius 2 is 2.00 bits per heavy atom. The van der Waals surface area contributed by atoms with Crippen LogP contribution in [0.2, 0.25) is 0 Å². The Bertz CT molecular complexity index is 242. The van der Waals surface area contributed by atoms with Crippen LogP contribution in [-0.4, -0.2) is 24.5 Å². The van der Waals surface area contributed by atoms with E-state index in [1.165, 1.54) is 51.7 Å². The van der Waals surface area contributed by atoms with E-state index in [9.17, 15) is 0 Å². The highest BCUT2D eigenvalue weighted by Gasteiger charge is 2.43. The maximum Gasteiger partial charge on any atom is 0.0628 e. The average molecular weight is 206 g/mol. The van der Waals surface area contributed by atoms with E-state index in [2.05, 4.69) is 17.9 Å². The van der Waals surface area contributed by atoms with E-state index in [1.54, 1.807) is 0 Å². The highest BCUT2D eigenvalue weighted by Crippen LogP contribution is 2.49. The van der Waals surface area contributed by atoms with Crippen molar-refractivity contribution in [1.82, 2.24) is 4.90 Å². The maximum atomic E-state index is 8.78. The van der Waals surface area contributed by atoms with Crippen LogP contribution in [0.4, 0.5) is 0 Å². The van der Waals surface area contributed by atoms with Gasteiger partial charge in [-0.25, -0.2) is 0 Å². The fourth-order valence-corrected chi connectivity index (χ4v) is 2.76. The van der Waals surface area contributed by atoms with Gasteiger partial charge in [0.1, 0.15) is 0 Å². The number of likely N-dealkylation sites (tertiary alicyclic amines) is 1. The standard InChI is InChI=1S/C13H22N2/c1-2-12-3-9-15(10-4-12)11-13(5-6-13)7-8-14/h12H,2-7,9-11H2,1H3. The van der Waals surface area contributed by atoms with Crippen LogP contribution in [0.25, 0.3) is 0 Å². The molecule has 1 aliphatic heterocycles. The molecule has 0 aromatic heterocycles. The summed E-state index contributed by atoms with van der Waals surface area (Å²) in [6, 6.07) is 2.35. The van der Waals surface area contributed by atoms with Gasteiger partial charge in [-0.1, -0.05) is 13.3 Å². The molecule has 2 nitrogen and oxygen atoms in total. The van der Waals surface area contributed by atoms with Crippen molar-refractivity contribution >= 4 is 0 Å².